The largest absolute Gasteiger partial charge is 0.618 e. The van der Waals surface area contributed by atoms with Crippen LogP contribution in [0.3, 0.4) is 0 Å². The van der Waals surface area contributed by atoms with Crippen LogP contribution in [0.4, 0.5) is 0 Å². The average Bonchev–Trinajstić information content (AvgIpc) is 2.48. The molecular weight excluding hydrogens is 224 g/mol. The van der Waals surface area contributed by atoms with Crippen molar-refractivity contribution in [3.8, 4) is 0 Å². The zero-order chi connectivity index (χ0) is 11.4. The molecule has 0 saturated carbocycles. The lowest BCUT2D eigenvalue weighted by Crippen LogP contribution is -2.33. The molecule has 0 unspecified atom stereocenters. The Hall–Kier alpha value is -1.23. The normalized spacial score (nSPS) is 21.2. The number of aromatic nitrogens is 1. The van der Waals surface area contributed by atoms with Gasteiger partial charge in [0.2, 0.25) is 5.91 Å². The van der Waals surface area contributed by atoms with Gasteiger partial charge in [-0.05, 0) is 30.7 Å². The fraction of sp³-hybridized carbons (Fsp3) is 0.455. The second kappa shape index (κ2) is 5.21. The maximum absolute atomic E-state index is 11.7. The van der Waals surface area contributed by atoms with E-state index in [1.165, 1.54) is 18.0 Å². The smallest absolute Gasteiger partial charge is 0.252 e. The van der Waals surface area contributed by atoms with Crippen LogP contribution in [0, 0.1) is 5.21 Å². The van der Waals surface area contributed by atoms with Crippen LogP contribution in [0.25, 0.3) is 0 Å². The maximum Gasteiger partial charge on any atom is 0.252 e. The van der Waals surface area contributed by atoms with E-state index >= 15 is 0 Å². The predicted octanol–water partition coefficient (Wildman–Crippen LogP) is 1.08. The molecule has 1 aliphatic heterocycles. The van der Waals surface area contributed by atoms with Gasteiger partial charge in [-0.1, -0.05) is 6.42 Å². The Labute approximate surface area is 98.6 Å². The Morgan fingerprint density at radius 2 is 2.31 bits per heavy atom. The lowest BCUT2D eigenvalue weighted by atomic mass is 10.2. The Bertz CT molecular complexity index is 384. The fourth-order valence-electron chi connectivity index (χ4n) is 1.67. The van der Waals surface area contributed by atoms with Crippen molar-refractivity contribution < 1.29 is 9.52 Å². The molecule has 1 saturated heterocycles. The first-order valence-electron chi connectivity index (χ1n) is 5.40. The lowest BCUT2D eigenvalue weighted by molar-refractivity contribution is -0.645. The Morgan fingerprint density at radius 1 is 1.44 bits per heavy atom. The molecular formula is C11H14N2O2S. The zero-order valence-corrected chi connectivity index (χ0v) is 9.70. The van der Waals surface area contributed by atoms with Crippen LogP contribution in [0.2, 0.25) is 0 Å². The molecule has 0 aliphatic carbocycles. The molecule has 1 aromatic heterocycles. The van der Waals surface area contributed by atoms with Crippen molar-refractivity contribution >= 4 is 17.7 Å². The highest BCUT2D eigenvalue weighted by Gasteiger charge is 2.24. The van der Waals surface area contributed by atoms with Crippen molar-refractivity contribution in [3.05, 3.63) is 29.6 Å². The van der Waals surface area contributed by atoms with Crippen molar-refractivity contribution in [1.29, 1.82) is 0 Å². The molecule has 16 heavy (non-hydrogen) atoms. The number of pyridine rings is 1. The topological polar surface area (TPSA) is 56.0 Å². The van der Waals surface area contributed by atoms with Crippen molar-refractivity contribution in [2.24, 2.45) is 0 Å². The van der Waals surface area contributed by atoms with Crippen LogP contribution in [0.1, 0.15) is 19.3 Å². The summed E-state index contributed by atoms with van der Waals surface area (Å²) in [6.07, 6.45) is 4.35. The summed E-state index contributed by atoms with van der Waals surface area (Å²) in [6.45, 7) is 0.752. The van der Waals surface area contributed by atoms with E-state index in [9.17, 15) is 10.0 Å². The van der Waals surface area contributed by atoms with Crippen molar-refractivity contribution in [2.45, 2.75) is 29.5 Å². The van der Waals surface area contributed by atoms with Crippen LogP contribution in [0.15, 0.2) is 29.4 Å². The van der Waals surface area contributed by atoms with E-state index in [1.807, 2.05) is 6.07 Å². The van der Waals surface area contributed by atoms with E-state index in [1.54, 1.807) is 12.1 Å². The summed E-state index contributed by atoms with van der Waals surface area (Å²) in [7, 11) is 0. The van der Waals surface area contributed by atoms with Crippen molar-refractivity contribution in [3.63, 3.8) is 0 Å². The minimum atomic E-state index is -0.134. The van der Waals surface area contributed by atoms with Crippen LogP contribution in [-0.2, 0) is 4.79 Å². The minimum absolute atomic E-state index is 0.0475. The van der Waals surface area contributed by atoms with Gasteiger partial charge in [-0.25, -0.2) is 0 Å². The third kappa shape index (κ3) is 2.66. The fourth-order valence-corrected chi connectivity index (χ4v) is 2.76. The van der Waals surface area contributed by atoms with Gasteiger partial charge in [-0.3, -0.25) is 4.79 Å². The van der Waals surface area contributed by atoms with Crippen LogP contribution >= 0.6 is 11.8 Å². The molecule has 0 aromatic carbocycles. The van der Waals surface area contributed by atoms with Crippen molar-refractivity contribution in [2.75, 3.05) is 6.54 Å². The first-order valence-corrected chi connectivity index (χ1v) is 6.28. The van der Waals surface area contributed by atoms with Gasteiger partial charge < -0.3 is 10.5 Å². The number of hydrogen-bond acceptors (Lipinski definition) is 3. The summed E-state index contributed by atoms with van der Waals surface area (Å²) in [5.41, 5.74) is 0. The standard InChI is InChI=1S/C11H14N2O2S/c14-11-9(5-1-3-7-12-11)16-10-6-2-4-8-13(10)15/h2,4,6,8-9H,1,3,5,7H2,(H,12,14)/t9-/m1/s1. The molecule has 1 aromatic rings. The Balaban J connectivity index is 2.08. The number of amides is 1. The molecule has 1 fully saturated rings. The van der Waals surface area contributed by atoms with Crippen LogP contribution in [0.5, 0.6) is 0 Å². The van der Waals surface area contributed by atoms with E-state index < -0.39 is 0 Å². The predicted molar refractivity (Wildman–Crippen MR) is 61.9 cm³/mol. The molecule has 0 bridgehead atoms. The summed E-state index contributed by atoms with van der Waals surface area (Å²) in [6, 6.07) is 5.24. The minimum Gasteiger partial charge on any atom is -0.618 e. The lowest BCUT2D eigenvalue weighted by Gasteiger charge is -2.11. The molecule has 0 radical (unpaired) electrons. The Kier molecular flexibility index (Phi) is 3.66. The third-order valence-corrected chi connectivity index (χ3v) is 3.83. The number of carbonyl (C=O) groups excluding carboxylic acids is 1. The van der Waals surface area contributed by atoms with Crippen LogP contribution in [-0.4, -0.2) is 17.7 Å². The van der Waals surface area contributed by atoms with Gasteiger partial charge in [0.1, 0.15) is 0 Å². The molecule has 1 amide bonds. The van der Waals surface area contributed by atoms with E-state index in [-0.39, 0.29) is 11.2 Å². The number of nitrogens with zero attached hydrogens (tertiary/aromatic N) is 1. The second-order valence-corrected chi connectivity index (χ2v) is 4.98. The number of hydrogen-bond donors (Lipinski definition) is 1. The first-order chi connectivity index (χ1) is 7.77. The van der Waals surface area contributed by atoms with E-state index in [2.05, 4.69) is 5.32 Å². The molecule has 1 aliphatic rings. The molecule has 86 valence electrons. The zero-order valence-electron chi connectivity index (χ0n) is 8.89. The maximum atomic E-state index is 11.7. The summed E-state index contributed by atoms with van der Waals surface area (Å²) in [5.74, 6) is 0.0475. The average molecular weight is 238 g/mol. The second-order valence-electron chi connectivity index (χ2n) is 3.76. The molecule has 0 spiro atoms. The van der Waals surface area contributed by atoms with Gasteiger partial charge in [0, 0.05) is 18.7 Å². The van der Waals surface area contributed by atoms with Crippen molar-refractivity contribution in [1.82, 2.24) is 5.32 Å². The van der Waals surface area contributed by atoms with E-state index in [4.69, 9.17) is 0 Å². The van der Waals surface area contributed by atoms with E-state index in [0.717, 1.165) is 30.5 Å². The molecule has 1 atom stereocenters. The summed E-state index contributed by atoms with van der Waals surface area (Å²) in [4.78, 5) is 11.7. The number of thioether (sulfide) groups is 1. The number of rotatable bonds is 2. The quantitative estimate of drug-likeness (QED) is 0.619. The van der Waals surface area contributed by atoms with Gasteiger partial charge in [-0.15, -0.1) is 0 Å². The molecule has 1 N–H and O–H groups in total. The van der Waals surface area contributed by atoms with Gasteiger partial charge in [-0.2, -0.15) is 4.73 Å². The Morgan fingerprint density at radius 3 is 3.12 bits per heavy atom. The summed E-state index contributed by atoms with van der Waals surface area (Å²) < 4.78 is 0.808. The third-order valence-electron chi connectivity index (χ3n) is 2.54. The molecule has 2 heterocycles. The monoisotopic (exact) mass is 238 g/mol. The SMILES string of the molecule is O=C1NCCCC[C@H]1Sc1cccc[n+]1[O-]. The highest BCUT2D eigenvalue weighted by atomic mass is 32.2. The summed E-state index contributed by atoms with van der Waals surface area (Å²) >= 11 is 1.35. The highest BCUT2D eigenvalue weighted by molar-refractivity contribution is 8.00. The number of nitrogens with one attached hydrogen (secondary N) is 1. The van der Waals surface area contributed by atoms with Crippen LogP contribution < -0.4 is 10.0 Å². The molecule has 2 rings (SSSR count). The molecule has 5 heteroatoms. The van der Waals surface area contributed by atoms with Gasteiger partial charge >= 0.3 is 0 Å². The number of carbonyl (C=O) groups is 1. The summed E-state index contributed by atoms with van der Waals surface area (Å²) in [5, 5.41) is 14.8. The van der Waals surface area contributed by atoms with Gasteiger partial charge in [0.05, 0.1) is 5.25 Å². The van der Waals surface area contributed by atoms with Gasteiger partial charge in [0.25, 0.3) is 5.03 Å². The first kappa shape index (κ1) is 11.3. The van der Waals surface area contributed by atoms with E-state index in [0.29, 0.717) is 5.03 Å². The highest BCUT2D eigenvalue weighted by Crippen LogP contribution is 2.25. The molecule has 4 nitrogen and oxygen atoms in total. The van der Waals surface area contributed by atoms with Gasteiger partial charge in [0.15, 0.2) is 6.20 Å².